The number of hydrogen-bond acceptors (Lipinski definition) is 0. The van der Waals surface area contributed by atoms with Gasteiger partial charge in [0.1, 0.15) is 0 Å². The van der Waals surface area contributed by atoms with Crippen molar-refractivity contribution >= 4 is 8.41 Å². The van der Waals surface area contributed by atoms with Crippen LogP contribution in [0.15, 0.2) is 0 Å². The van der Waals surface area contributed by atoms with Gasteiger partial charge >= 0.3 is 0 Å². The van der Waals surface area contributed by atoms with Crippen LogP contribution in [0.2, 0.25) is 0 Å². The normalized spacial score (nSPS) is 0. The molecule has 0 aromatic carbocycles. The molecule has 0 aliphatic heterocycles. The first-order chi connectivity index (χ1) is 0. The summed E-state index contributed by atoms with van der Waals surface area (Å²) in [4.78, 5) is 0. The summed E-state index contributed by atoms with van der Waals surface area (Å²) in [6.45, 7) is 0. The third kappa shape index (κ3) is 17.8. The Labute approximate surface area is 132 Å². The number of hydrogen-bond donors (Lipinski definition) is 0. The van der Waals surface area contributed by atoms with Gasteiger partial charge in [-0.2, -0.15) is 0 Å². The summed E-state index contributed by atoms with van der Waals surface area (Å²) in [5.74, 6) is 0. The fraction of sp³-hybridized carbons (Fsp3) is 0. The van der Waals surface area contributed by atoms with Gasteiger partial charge in [-0.25, -0.2) is 0 Å². The van der Waals surface area contributed by atoms with E-state index in [4.69, 9.17) is 0 Å². The molecule has 0 aromatic heterocycles. The van der Waals surface area contributed by atoms with Crippen LogP contribution in [-0.4, -0.2) is 8.41 Å². The van der Waals surface area contributed by atoms with E-state index in [2.05, 4.69) is 0 Å². The summed E-state index contributed by atoms with van der Waals surface area (Å²) in [6.07, 6.45) is 0. The molecule has 0 aromatic rings. The van der Waals surface area contributed by atoms with Crippen molar-refractivity contribution in [2.75, 3.05) is 0 Å². The Hall–Kier alpha value is 4.26. The molecule has 0 unspecified atom stereocenters. The molecule has 0 nitrogen and oxygen atoms in total. The molecular formula is BCeFeLaY. The first-order valence-corrected chi connectivity index (χ1v) is 0. The van der Waals surface area contributed by atoms with Gasteiger partial charge in [-0.3, -0.25) is 0 Å². The zero-order valence-electron chi connectivity index (χ0n) is 2.59. The fourth-order valence-electron chi connectivity index (χ4n) is 0. The summed E-state index contributed by atoms with van der Waals surface area (Å²) in [7, 11) is 0. The Balaban J connectivity index is 0. The van der Waals surface area contributed by atoms with Crippen LogP contribution in [0.5, 0.6) is 0 Å². The zero-order valence-corrected chi connectivity index (χ0v) is 13.3. The Morgan fingerprint density at radius 2 is 1.00 bits per heavy atom. The third-order valence-electron chi connectivity index (χ3n) is 0. The van der Waals surface area contributed by atoms with Crippen molar-refractivity contribution in [3.8, 4) is 0 Å². The summed E-state index contributed by atoms with van der Waals surface area (Å²) in [5.41, 5.74) is 0. The van der Waals surface area contributed by atoms with Gasteiger partial charge in [-0.05, 0) is 0 Å². The summed E-state index contributed by atoms with van der Waals surface area (Å²) in [6, 6.07) is 0. The molecule has 0 spiro atoms. The van der Waals surface area contributed by atoms with E-state index in [0.717, 1.165) is 0 Å². The van der Waals surface area contributed by atoms with Crippen molar-refractivity contribution in [1.82, 2.24) is 0 Å². The minimum atomic E-state index is 0. The van der Waals surface area contributed by atoms with Crippen molar-refractivity contribution in [3.05, 3.63) is 0 Å². The maximum Gasteiger partial charge on any atom is 0 e. The van der Waals surface area contributed by atoms with Gasteiger partial charge in [-0.15, -0.1) is 0 Å². The largest absolute Gasteiger partial charge is 0 e. The Bertz CT molecular complexity index is 11.6. The van der Waals surface area contributed by atoms with Crippen LogP contribution in [0.3, 0.4) is 0 Å². The van der Waals surface area contributed by atoms with Crippen LogP contribution < -0.4 is 0 Å². The molecule has 0 saturated carbocycles. The smallest absolute Gasteiger partial charge is 0 e. The number of rotatable bonds is 0. The van der Waals surface area contributed by atoms with Crippen molar-refractivity contribution < 1.29 is 127 Å². The monoisotopic (exact) mass is 435 g/mol. The first kappa shape index (κ1) is 34.8. The predicted molar refractivity (Wildman–Crippen MR) is 5.75 cm³/mol. The molecule has 0 fully saturated rings. The van der Waals surface area contributed by atoms with Gasteiger partial charge in [-0.1, -0.05) is 0 Å². The summed E-state index contributed by atoms with van der Waals surface area (Å²) < 4.78 is 0. The quantitative estimate of drug-likeness (QED) is 0.456. The van der Waals surface area contributed by atoms with Crippen LogP contribution in [0.25, 0.3) is 0 Å². The SMILES string of the molecule is [B].[Ce].[Fe].[La].[Y]. The molecule has 0 N–H and O–H groups in total. The third-order valence-corrected chi connectivity index (χ3v) is 0. The van der Waals surface area contributed by atoms with Crippen LogP contribution in [0, 0.1) is 77.3 Å². The summed E-state index contributed by atoms with van der Waals surface area (Å²) >= 11 is 0. The van der Waals surface area contributed by atoms with Gasteiger partial charge in [0.15, 0.2) is 0 Å². The first-order valence-electron chi connectivity index (χ1n) is 0. The molecule has 0 rings (SSSR count). The average Bonchev–Trinajstić information content (AvgIpc) is 0. The maximum absolute atomic E-state index is 0. The molecule has 0 atom stereocenters. The topological polar surface area (TPSA) is 0 Å². The molecule has 0 amide bonds. The molecular weight excluding hydrogens is 435 g/mol. The Kier molecular flexibility index (Phi) is 167. The van der Waals surface area contributed by atoms with E-state index in [9.17, 15) is 0 Å². The van der Waals surface area contributed by atoms with E-state index in [1.807, 2.05) is 0 Å². The van der Waals surface area contributed by atoms with Gasteiger partial charge in [0.25, 0.3) is 0 Å². The van der Waals surface area contributed by atoms with Crippen molar-refractivity contribution in [2.45, 2.75) is 0 Å². The van der Waals surface area contributed by atoms with Gasteiger partial charge in [0.05, 0.1) is 0 Å². The second kappa shape index (κ2) is 24.0. The van der Waals surface area contributed by atoms with E-state index in [-0.39, 0.29) is 136 Å². The van der Waals surface area contributed by atoms with Crippen LogP contribution in [0.1, 0.15) is 0 Å². The van der Waals surface area contributed by atoms with Crippen LogP contribution in [0.4, 0.5) is 0 Å². The fourth-order valence-corrected chi connectivity index (χ4v) is 0. The minimum Gasteiger partial charge on any atom is 0 e. The van der Waals surface area contributed by atoms with E-state index >= 15 is 0 Å². The van der Waals surface area contributed by atoms with Gasteiger partial charge in [0.2, 0.25) is 0 Å². The molecule has 0 aliphatic carbocycles. The Morgan fingerprint density at radius 3 is 1.00 bits per heavy atom. The van der Waals surface area contributed by atoms with Crippen molar-refractivity contribution in [3.63, 3.8) is 0 Å². The summed E-state index contributed by atoms with van der Waals surface area (Å²) in [5, 5.41) is 0. The second-order valence-electron chi connectivity index (χ2n) is 0. The molecule has 5 heavy (non-hydrogen) atoms. The predicted octanol–water partition coefficient (Wildman–Crippen LogP) is -0.386. The van der Waals surface area contributed by atoms with E-state index < -0.39 is 0 Å². The molecule has 0 heterocycles. The molecule has 0 aliphatic rings. The zero-order chi connectivity index (χ0) is 0. The van der Waals surface area contributed by atoms with Crippen molar-refractivity contribution in [1.29, 1.82) is 0 Å². The average molecular weight is 435 g/mol. The maximum atomic E-state index is 0. The Morgan fingerprint density at radius 1 is 1.00 bits per heavy atom. The molecule has 0 saturated heterocycles. The van der Waals surface area contributed by atoms with E-state index in [0.29, 0.717) is 0 Å². The molecule has 0 bridgehead atoms. The van der Waals surface area contributed by atoms with Gasteiger partial charge in [0, 0.05) is 136 Å². The molecule has 21 valence electrons. The molecule has 5 radical (unpaired) electrons. The van der Waals surface area contributed by atoms with E-state index in [1.165, 1.54) is 0 Å². The van der Waals surface area contributed by atoms with Crippen LogP contribution in [-0.2, 0) is 49.8 Å². The van der Waals surface area contributed by atoms with Gasteiger partial charge < -0.3 is 0 Å². The van der Waals surface area contributed by atoms with E-state index in [1.54, 1.807) is 0 Å². The standard InChI is InChI=1S/B.Ce.Fe.La.Y. The van der Waals surface area contributed by atoms with Crippen LogP contribution >= 0.6 is 0 Å². The second-order valence-corrected chi connectivity index (χ2v) is 0. The minimum absolute atomic E-state index is 0. The van der Waals surface area contributed by atoms with Crippen molar-refractivity contribution in [2.24, 2.45) is 0 Å². The molecule has 5 heteroatoms.